The summed E-state index contributed by atoms with van der Waals surface area (Å²) in [4.78, 5) is 28.1. The second kappa shape index (κ2) is 8.82. The van der Waals surface area contributed by atoms with Gasteiger partial charge in [0.25, 0.3) is 11.7 Å². The highest BCUT2D eigenvalue weighted by Gasteiger charge is 2.48. The Morgan fingerprint density at radius 1 is 0.879 bits per heavy atom. The number of ether oxygens (including phenoxy) is 2. The predicted molar refractivity (Wildman–Crippen MR) is 127 cm³/mol. The zero-order valence-electron chi connectivity index (χ0n) is 19.0. The van der Waals surface area contributed by atoms with Crippen LogP contribution in [0, 0.1) is 13.8 Å². The summed E-state index contributed by atoms with van der Waals surface area (Å²) >= 11 is 0. The maximum absolute atomic E-state index is 13.3. The molecule has 0 radical (unpaired) electrons. The van der Waals surface area contributed by atoms with Crippen molar-refractivity contribution in [3.8, 4) is 11.5 Å². The van der Waals surface area contributed by atoms with Crippen molar-refractivity contribution in [3.63, 3.8) is 0 Å². The van der Waals surface area contributed by atoms with Crippen molar-refractivity contribution < 1.29 is 24.2 Å². The first-order chi connectivity index (χ1) is 15.8. The van der Waals surface area contributed by atoms with Gasteiger partial charge in [0.1, 0.15) is 17.3 Å². The third-order valence-corrected chi connectivity index (χ3v) is 5.73. The lowest BCUT2D eigenvalue weighted by atomic mass is 9.94. The molecule has 1 unspecified atom stereocenters. The number of carbonyl (C=O) groups is 2. The fourth-order valence-corrected chi connectivity index (χ4v) is 4.28. The standard InChI is InChI=1S/C27H25NO5/c1-16-13-17(2)15-19(14-16)28-24(21-7-5-6-8-22(21)33-4)23(26(30)27(28)31)25(29)18-9-11-20(32-3)12-10-18/h5-15,24,29H,1-4H3/b25-23+. The Morgan fingerprint density at radius 3 is 2.12 bits per heavy atom. The van der Waals surface area contributed by atoms with Crippen molar-refractivity contribution in [3.05, 3.63) is 94.6 Å². The van der Waals surface area contributed by atoms with Crippen molar-refractivity contribution in [2.24, 2.45) is 0 Å². The Balaban J connectivity index is 1.98. The highest BCUT2D eigenvalue weighted by atomic mass is 16.5. The second-order valence-electron chi connectivity index (χ2n) is 7.99. The molecular formula is C27H25NO5. The van der Waals surface area contributed by atoms with Gasteiger partial charge in [-0.15, -0.1) is 0 Å². The van der Waals surface area contributed by atoms with E-state index in [9.17, 15) is 14.7 Å². The number of hydrogen-bond acceptors (Lipinski definition) is 5. The Bertz CT molecular complexity index is 1240. The van der Waals surface area contributed by atoms with E-state index < -0.39 is 17.7 Å². The monoisotopic (exact) mass is 443 g/mol. The first kappa shape index (κ1) is 22.1. The molecule has 168 valence electrons. The van der Waals surface area contributed by atoms with E-state index in [0.29, 0.717) is 28.3 Å². The molecule has 1 atom stereocenters. The van der Waals surface area contributed by atoms with Crippen LogP contribution >= 0.6 is 0 Å². The van der Waals surface area contributed by atoms with Crippen LogP contribution < -0.4 is 14.4 Å². The van der Waals surface area contributed by atoms with Gasteiger partial charge in [-0.2, -0.15) is 0 Å². The number of aliphatic hydroxyl groups is 1. The van der Waals surface area contributed by atoms with E-state index in [-0.39, 0.29) is 11.3 Å². The molecule has 1 heterocycles. The number of para-hydroxylation sites is 1. The second-order valence-corrected chi connectivity index (χ2v) is 7.99. The molecule has 1 aliphatic heterocycles. The molecule has 3 aromatic rings. The maximum atomic E-state index is 13.3. The van der Waals surface area contributed by atoms with Crippen LogP contribution in [0.3, 0.4) is 0 Å². The number of hydrogen-bond donors (Lipinski definition) is 1. The molecule has 1 saturated heterocycles. The number of aliphatic hydroxyl groups excluding tert-OH is 1. The van der Waals surface area contributed by atoms with E-state index in [4.69, 9.17) is 9.47 Å². The first-order valence-corrected chi connectivity index (χ1v) is 10.5. The SMILES string of the molecule is COc1ccc(/C(O)=C2\C(=O)C(=O)N(c3cc(C)cc(C)c3)C2c2ccccc2OC)cc1. The molecule has 1 N–H and O–H groups in total. The summed E-state index contributed by atoms with van der Waals surface area (Å²) in [5.41, 5.74) is 3.53. The van der Waals surface area contributed by atoms with Crippen LogP contribution in [-0.4, -0.2) is 31.0 Å². The van der Waals surface area contributed by atoms with Gasteiger partial charge in [-0.05, 0) is 67.4 Å². The quantitative estimate of drug-likeness (QED) is 0.343. The van der Waals surface area contributed by atoms with Crippen molar-refractivity contribution in [1.82, 2.24) is 0 Å². The Hall–Kier alpha value is -4.06. The van der Waals surface area contributed by atoms with E-state index in [0.717, 1.165) is 11.1 Å². The minimum Gasteiger partial charge on any atom is -0.507 e. The smallest absolute Gasteiger partial charge is 0.300 e. The van der Waals surface area contributed by atoms with Crippen molar-refractivity contribution >= 4 is 23.1 Å². The zero-order valence-corrected chi connectivity index (χ0v) is 19.0. The summed E-state index contributed by atoms with van der Waals surface area (Å²) < 4.78 is 10.7. The van der Waals surface area contributed by atoms with Gasteiger partial charge in [-0.25, -0.2) is 0 Å². The van der Waals surface area contributed by atoms with Crippen LogP contribution in [0.2, 0.25) is 0 Å². The van der Waals surface area contributed by atoms with Gasteiger partial charge in [-0.3, -0.25) is 14.5 Å². The molecule has 1 aliphatic rings. The van der Waals surface area contributed by atoms with Gasteiger partial charge in [0.05, 0.1) is 25.8 Å². The highest BCUT2D eigenvalue weighted by Crippen LogP contribution is 2.45. The molecule has 4 rings (SSSR count). The molecule has 0 spiro atoms. The van der Waals surface area contributed by atoms with Gasteiger partial charge in [0.2, 0.25) is 0 Å². The average Bonchev–Trinajstić information content (AvgIpc) is 3.08. The maximum Gasteiger partial charge on any atom is 0.300 e. The zero-order chi connectivity index (χ0) is 23.7. The normalized spacial score (nSPS) is 17.3. The third kappa shape index (κ3) is 3.96. The largest absolute Gasteiger partial charge is 0.507 e. The van der Waals surface area contributed by atoms with Gasteiger partial charge in [0, 0.05) is 16.8 Å². The molecule has 1 fully saturated rings. The Labute approximate surface area is 192 Å². The van der Waals surface area contributed by atoms with E-state index in [1.54, 1.807) is 43.5 Å². The molecular weight excluding hydrogens is 418 g/mol. The lowest BCUT2D eigenvalue weighted by molar-refractivity contribution is -0.132. The molecule has 3 aromatic carbocycles. The fourth-order valence-electron chi connectivity index (χ4n) is 4.28. The van der Waals surface area contributed by atoms with E-state index >= 15 is 0 Å². The van der Waals surface area contributed by atoms with Crippen LogP contribution in [-0.2, 0) is 9.59 Å². The van der Waals surface area contributed by atoms with Crippen LogP contribution in [0.5, 0.6) is 11.5 Å². The Kier molecular flexibility index (Phi) is 5.92. The van der Waals surface area contributed by atoms with E-state index in [2.05, 4.69) is 0 Å². The van der Waals surface area contributed by atoms with Gasteiger partial charge >= 0.3 is 0 Å². The van der Waals surface area contributed by atoms with E-state index in [1.165, 1.54) is 12.0 Å². The van der Waals surface area contributed by atoms with Gasteiger partial charge in [-0.1, -0.05) is 24.3 Å². The topological polar surface area (TPSA) is 76.1 Å². The van der Waals surface area contributed by atoms with Gasteiger partial charge in [0.15, 0.2) is 0 Å². The predicted octanol–water partition coefficient (Wildman–Crippen LogP) is 4.95. The summed E-state index contributed by atoms with van der Waals surface area (Å²) in [5, 5.41) is 11.2. The number of nitrogens with zero attached hydrogens (tertiary/aromatic N) is 1. The molecule has 0 aromatic heterocycles. The average molecular weight is 443 g/mol. The van der Waals surface area contributed by atoms with Crippen LogP contribution in [0.1, 0.15) is 28.3 Å². The number of carbonyl (C=O) groups excluding carboxylic acids is 2. The number of aryl methyl sites for hydroxylation is 2. The third-order valence-electron chi connectivity index (χ3n) is 5.73. The summed E-state index contributed by atoms with van der Waals surface area (Å²) in [6, 6.07) is 18.7. The molecule has 33 heavy (non-hydrogen) atoms. The highest BCUT2D eigenvalue weighted by molar-refractivity contribution is 6.51. The lowest BCUT2D eigenvalue weighted by Gasteiger charge is -2.27. The molecule has 0 aliphatic carbocycles. The number of benzene rings is 3. The number of Topliss-reactive ketones (excluding diaryl/α,β-unsaturated/α-hetero) is 1. The van der Waals surface area contributed by atoms with Gasteiger partial charge < -0.3 is 14.6 Å². The van der Waals surface area contributed by atoms with E-state index in [1.807, 2.05) is 44.2 Å². The van der Waals surface area contributed by atoms with Crippen LogP contribution in [0.15, 0.2) is 72.3 Å². The fraction of sp³-hybridized carbons (Fsp3) is 0.185. The minimum atomic E-state index is -0.857. The van der Waals surface area contributed by atoms with Crippen molar-refractivity contribution in [2.45, 2.75) is 19.9 Å². The number of ketones is 1. The Morgan fingerprint density at radius 2 is 1.52 bits per heavy atom. The number of methoxy groups -OCH3 is 2. The van der Waals surface area contributed by atoms with Crippen molar-refractivity contribution in [1.29, 1.82) is 0 Å². The molecule has 6 nitrogen and oxygen atoms in total. The number of anilines is 1. The minimum absolute atomic E-state index is 0.00817. The van der Waals surface area contributed by atoms with Crippen LogP contribution in [0.25, 0.3) is 5.76 Å². The molecule has 1 amide bonds. The number of rotatable bonds is 5. The summed E-state index contributed by atoms with van der Waals surface area (Å²) in [6.45, 7) is 3.87. The molecule has 0 bridgehead atoms. The molecule has 0 saturated carbocycles. The lowest BCUT2D eigenvalue weighted by Crippen LogP contribution is -2.29. The summed E-state index contributed by atoms with van der Waals surface area (Å²) in [5.74, 6) is -0.578. The molecule has 6 heteroatoms. The van der Waals surface area contributed by atoms with Crippen molar-refractivity contribution in [2.75, 3.05) is 19.1 Å². The van der Waals surface area contributed by atoms with Crippen LogP contribution in [0.4, 0.5) is 5.69 Å². The first-order valence-electron chi connectivity index (χ1n) is 10.5. The number of amides is 1. The summed E-state index contributed by atoms with van der Waals surface area (Å²) in [6.07, 6.45) is 0. The summed E-state index contributed by atoms with van der Waals surface area (Å²) in [7, 11) is 3.08.